The summed E-state index contributed by atoms with van der Waals surface area (Å²) < 4.78 is 13.2. The van der Waals surface area contributed by atoms with Crippen molar-refractivity contribution in [3.63, 3.8) is 0 Å². The van der Waals surface area contributed by atoms with Crippen molar-refractivity contribution >= 4 is 0 Å². The SMILES string of the molecule is CC(C)C[C@H](N)c1ccccc1F. The standard InChI is InChI=1S/C11H16FN/c1-8(2)7-11(13)9-5-3-4-6-10(9)12/h3-6,8,11H,7,13H2,1-2H3/t11-/m0/s1. The molecule has 0 heterocycles. The van der Waals surface area contributed by atoms with Gasteiger partial charge in [-0.1, -0.05) is 32.0 Å². The average Bonchev–Trinajstić information content (AvgIpc) is 2.03. The minimum Gasteiger partial charge on any atom is -0.324 e. The van der Waals surface area contributed by atoms with Crippen molar-refractivity contribution in [2.75, 3.05) is 0 Å². The summed E-state index contributed by atoms with van der Waals surface area (Å²) in [6.45, 7) is 4.17. The molecule has 0 unspecified atom stereocenters. The lowest BCUT2D eigenvalue weighted by atomic mass is 9.97. The maximum absolute atomic E-state index is 13.2. The van der Waals surface area contributed by atoms with Crippen molar-refractivity contribution in [2.45, 2.75) is 26.3 Å². The van der Waals surface area contributed by atoms with E-state index in [1.54, 1.807) is 12.1 Å². The fourth-order valence-corrected chi connectivity index (χ4v) is 1.41. The number of nitrogens with two attached hydrogens (primary N) is 1. The summed E-state index contributed by atoms with van der Waals surface area (Å²) in [6, 6.07) is 6.53. The van der Waals surface area contributed by atoms with E-state index in [1.807, 2.05) is 6.07 Å². The largest absolute Gasteiger partial charge is 0.324 e. The summed E-state index contributed by atoms with van der Waals surface area (Å²) in [6.07, 6.45) is 0.820. The lowest BCUT2D eigenvalue weighted by Crippen LogP contribution is -2.14. The van der Waals surface area contributed by atoms with E-state index in [4.69, 9.17) is 5.73 Å². The van der Waals surface area contributed by atoms with Crippen LogP contribution < -0.4 is 5.73 Å². The van der Waals surface area contributed by atoms with Gasteiger partial charge in [0.1, 0.15) is 5.82 Å². The van der Waals surface area contributed by atoms with Gasteiger partial charge in [0.05, 0.1) is 0 Å². The molecule has 2 N–H and O–H groups in total. The third-order valence-electron chi connectivity index (χ3n) is 2.03. The van der Waals surface area contributed by atoms with E-state index in [0.717, 1.165) is 6.42 Å². The first-order chi connectivity index (χ1) is 6.11. The second-order valence-corrected chi connectivity index (χ2v) is 3.76. The smallest absolute Gasteiger partial charge is 0.127 e. The Bertz CT molecular complexity index is 271. The molecular weight excluding hydrogens is 165 g/mol. The summed E-state index contributed by atoms with van der Waals surface area (Å²) in [5.74, 6) is 0.297. The van der Waals surface area contributed by atoms with Crippen LogP contribution >= 0.6 is 0 Å². The Kier molecular flexibility index (Phi) is 3.43. The zero-order valence-electron chi connectivity index (χ0n) is 8.13. The maximum Gasteiger partial charge on any atom is 0.127 e. The Morgan fingerprint density at radius 1 is 1.31 bits per heavy atom. The van der Waals surface area contributed by atoms with E-state index in [9.17, 15) is 4.39 Å². The maximum atomic E-state index is 13.2. The first-order valence-corrected chi connectivity index (χ1v) is 4.61. The van der Waals surface area contributed by atoms with Gasteiger partial charge in [0.2, 0.25) is 0 Å². The van der Waals surface area contributed by atoms with E-state index in [2.05, 4.69) is 13.8 Å². The molecule has 0 aliphatic heterocycles. The molecule has 0 saturated carbocycles. The lowest BCUT2D eigenvalue weighted by molar-refractivity contribution is 0.489. The molecule has 1 atom stereocenters. The van der Waals surface area contributed by atoms with E-state index < -0.39 is 0 Å². The van der Waals surface area contributed by atoms with Gasteiger partial charge in [-0.25, -0.2) is 4.39 Å². The normalized spacial score (nSPS) is 13.3. The van der Waals surface area contributed by atoms with Gasteiger partial charge in [-0.05, 0) is 18.4 Å². The Hall–Kier alpha value is -0.890. The van der Waals surface area contributed by atoms with Gasteiger partial charge in [0.25, 0.3) is 0 Å². The molecular formula is C11H16FN. The summed E-state index contributed by atoms with van der Waals surface area (Å²) in [5, 5.41) is 0. The van der Waals surface area contributed by atoms with E-state index >= 15 is 0 Å². The summed E-state index contributed by atoms with van der Waals surface area (Å²) >= 11 is 0. The zero-order chi connectivity index (χ0) is 9.84. The zero-order valence-corrected chi connectivity index (χ0v) is 8.13. The Labute approximate surface area is 78.8 Å². The van der Waals surface area contributed by atoms with Crippen LogP contribution in [-0.4, -0.2) is 0 Å². The number of benzene rings is 1. The average molecular weight is 181 g/mol. The van der Waals surface area contributed by atoms with Crippen LogP contribution in [0, 0.1) is 11.7 Å². The molecule has 0 fully saturated rings. The Morgan fingerprint density at radius 2 is 1.92 bits per heavy atom. The summed E-state index contributed by atoms with van der Waals surface area (Å²) in [5.41, 5.74) is 6.48. The number of hydrogen-bond donors (Lipinski definition) is 1. The molecule has 0 aliphatic carbocycles. The molecule has 2 heteroatoms. The second kappa shape index (κ2) is 4.38. The van der Waals surface area contributed by atoms with Gasteiger partial charge in [-0.2, -0.15) is 0 Å². The summed E-state index contributed by atoms with van der Waals surface area (Å²) in [4.78, 5) is 0. The second-order valence-electron chi connectivity index (χ2n) is 3.76. The molecule has 1 nitrogen and oxygen atoms in total. The molecule has 13 heavy (non-hydrogen) atoms. The fraction of sp³-hybridized carbons (Fsp3) is 0.455. The Morgan fingerprint density at radius 3 is 2.46 bits per heavy atom. The van der Waals surface area contributed by atoms with Crippen molar-refractivity contribution < 1.29 is 4.39 Å². The van der Waals surface area contributed by atoms with E-state index in [0.29, 0.717) is 11.5 Å². The molecule has 0 aromatic heterocycles. The van der Waals surface area contributed by atoms with Gasteiger partial charge < -0.3 is 5.73 Å². The van der Waals surface area contributed by atoms with Crippen LogP contribution in [0.25, 0.3) is 0 Å². The summed E-state index contributed by atoms with van der Waals surface area (Å²) in [7, 11) is 0. The van der Waals surface area contributed by atoms with Crippen LogP contribution in [-0.2, 0) is 0 Å². The quantitative estimate of drug-likeness (QED) is 0.762. The highest BCUT2D eigenvalue weighted by Crippen LogP contribution is 2.20. The highest BCUT2D eigenvalue weighted by atomic mass is 19.1. The van der Waals surface area contributed by atoms with Crippen molar-refractivity contribution in [3.05, 3.63) is 35.6 Å². The lowest BCUT2D eigenvalue weighted by Gasteiger charge is -2.14. The monoisotopic (exact) mass is 181 g/mol. The van der Waals surface area contributed by atoms with E-state index in [-0.39, 0.29) is 11.9 Å². The van der Waals surface area contributed by atoms with Crippen molar-refractivity contribution in [1.29, 1.82) is 0 Å². The van der Waals surface area contributed by atoms with Gasteiger partial charge in [-0.3, -0.25) is 0 Å². The Balaban J connectivity index is 2.76. The van der Waals surface area contributed by atoms with Crippen molar-refractivity contribution in [3.8, 4) is 0 Å². The first-order valence-electron chi connectivity index (χ1n) is 4.61. The molecule has 0 aliphatic rings. The van der Waals surface area contributed by atoms with Crippen LogP contribution in [0.5, 0.6) is 0 Å². The van der Waals surface area contributed by atoms with Crippen molar-refractivity contribution in [1.82, 2.24) is 0 Å². The first kappa shape index (κ1) is 10.2. The number of hydrogen-bond acceptors (Lipinski definition) is 1. The topological polar surface area (TPSA) is 26.0 Å². The predicted molar refractivity (Wildman–Crippen MR) is 52.8 cm³/mol. The molecule has 0 radical (unpaired) electrons. The van der Waals surface area contributed by atoms with Gasteiger partial charge in [0.15, 0.2) is 0 Å². The number of rotatable bonds is 3. The molecule has 0 bridgehead atoms. The van der Waals surface area contributed by atoms with Crippen LogP contribution in [0.1, 0.15) is 31.9 Å². The molecule has 0 spiro atoms. The minimum absolute atomic E-state index is 0.179. The van der Waals surface area contributed by atoms with E-state index in [1.165, 1.54) is 6.07 Å². The van der Waals surface area contributed by atoms with Gasteiger partial charge >= 0.3 is 0 Å². The third-order valence-corrected chi connectivity index (χ3v) is 2.03. The molecule has 1 aromatic carbocycles. The predicted octanol–water partition coefficient (Wildman–Crippen LogP) is 2.87. The highest BCUT2D eigenvalue weighted by molar-refractivity contribution is 5.20. The molecule has 1 aromatic rings. The van der Waals surface area contributed by atoms with Crippen LogP contribution in [0.3, 0.4) is 0 Å². The van der Waals surface area contributed by atoms with Crippen LogP contribution in [0.15, 0.2) is 24.3 Å². The van der Waals surface area contributed by atoms with Gasteiger partial charge in [-0.15, -0.1) is 0 Å². The number of halogens is 1. The van der Waals surface area contributed by atoms with Crippen LogP contribution in [0.2, 0.25) is 0 Å². The highest BCUT2D eigenvalue weighted by Gasteiger charge is 2.11. The van der Waals surface area contributed by atoms with Gasteiger partial charge in [0, 0.05) is 11.6 Å². The van der Waals surface area contributed by atoms with Crippen LogP contribution in [0.4, 0.5) is 4.39 Å². The third kappa shape index (κ3) is 2.81. The van der Waals surface area contributed by atoms with Crippen molar-refractivity contribution in [2.24, 2.45) is 11.7 Å². The molecule has 72 valence electrons. The molecule has 1 rings (SSSR count). The minimum atomic E-state index is -0.198. The fourth-order valence-electron chi connectivity index (χ4n) is 1.41. The molecule has 0 amide bonds. The molecule has 0 saturated heterocycles.